The van der Waals surface area contributed by atoms with Crippen LogP contribution in [0.5, 0.6) is 0 Å². The van der Waals surface area contributed by atoms with Gasteiger partial charge in [0.2, 0.25) is 0 Å². The standard InChI is InChI=1S/C14H17N5O2/c1-2-21-10-13-9-18(8-12-4-6-17-19(12)13)14(20)11-3-5-15-16-7-11/h3-7,13H,2,8-10H2,1H3. The Hall–Kier alpha value is -2.28. The maximum Gasteiger partial charge on any atom is 0.255 e. The van der Waals surface area contributed by atoms with Gasteiger partial charge in [0, 0.05) is 19.3 Å². The summed E-state index contributed by atoms with van der Waals surface area (Å²) in [7, 11) is 0. The minimum Gasteiger partial charge on any atom is -0.379 e. The second kappa shape index (κ2) is 6.01. The number of nitrogens with zero attached hydrogens (tertiary/aromatic N) is 5. The normalized spacial score (nSPS) is 17.6. The molecule has 0 saturated carbocycles. The monoisotopic (exact) mass is 287 g/mol. The van der Waals surface area contributed by atoms with E-state index in [1.54, 1.807) is 17.2 Å². The van der Waals surface area contributed by atoms with E-state index < -0.39 is 0 Å². The molecule has 0 saturated heterocycles. The molecule has 2 aromatic heterocycles. The van der Waals surface area contributed by atoms with Crippen LogP contribution in [0, 0.1) is 0 Å². The molecule has 0 aliphatic carbocycles. The Bertz CT molecular complexity index is 613. The molecule has 1 aliphatic heterocycles. The lowest BCUT2D eigenvalue weighted by Gasteiger charge is -2.33. The maximum atomic E-state index is 12.5. The average Bonchev–Trinajstić information content (AvgIpc) is 3.01. The number of hydrogen-bond acceptors (Lipinski definition) is 5. The van der Waals surface area contributed by atoms with E-state index in [4.69, 9.17) is 4.74 Å². The number of rotatable bonds is 4. The Labute approximate surface area is 122 Å². The zero-order valence-electron chi connectivity index (χ0n) is 11.8. The van der Waals surface area contributed by atoms with Crippen molar-refractivity contribution in [2.45, 2.75) is 19.5 Å². The van der Waals surface area contributed by atoms with Gasteiger partial charge in [-0.3, -0.25) is 9.48 Å². The topological polar surface area (TPSA) is 73.1 Å². The quantitative estimate of drug-likeness (QED) is 0.835. The van der Waals surface area contributed by atoms with E-state index in [9.17, 15) is 4.79 Å². The average molecular weight is 287 g/mol. The highest BCUT2D eigenvalue weighted by atomic mass is 16.5. The van der Waals surface area contributed by atoms with E-state index in [1.165, 1.54) is 12.4 Å². The van der Waals surface area contributed by atoms with E-state index >= 15 is 0 Å². The summed E-state index contributed by atoms with van der Waals surface area (Å²) in [5, 5.41) is 11.8. The fraction of sp³-hybridized carbons (Fsp3) is 0.429. The fourth-order valence-electron chi connectivity index (χ4n) is 2.52. The van der Waals surface area contributed by atoms with Gasteiger partial charge in [0.05, 0.1) is 42.8 Å². The third kappa shape index (κ3) is 2.78. The third-order valence-corrected chi connectivity index (χ3v) is 3.51. The molecule has 1 amide bonds. The summed E-state index contributed by atoms with van der Waals surface area (Å²) in [6, 6.07) is 3.66. The first-order valence-electron chi connectivity index (χ1n) is 6.95. The smallest absolute Gasteiger partial charge is 0.255 e. The molecule has 0 radical (unpaired) electrons. The summed E-state index contributed by atoms with van der Waals surface area (Å²) < 4.78 is 7.46. The molecule has 3 heterocycles. The van der Waals surface area contributed by atoms with Crippen LogP contribution in [0.1, 0.15) is 29.0 Å². The predicted octanol–water partition coefficient (Wildman–Crippen LogP) is 0.907. The molecule has 1 atom stereocenters. The molecule has 21 heavy (non-hydrogen) atoms. The molecule has 7 heteroatoms. The SMILES string of the molecule is CCOCC1CN(C(=O)c2ccnnc2)Cc2ccnn21. The van der Waals surface area contributed by atoms with Crippen LogP contribution >= 0.6 is 0 Å². The van der Waals surface area contributed by atoms with Gasteiger partial charge in [-0.05, 0) is 19.1 Å². The summed E-state index contributed by atoms with van der Waals surface area (Å²) in [6.07, 6.45) is 4.78. The Morgan fingerprint density at radius 3 is 3.05 bits per heavy atom. The minimum atomic E-state index is -0.0427. The molecular formula is C14H17N5O2. The van der Waals surface area contributed by atoms with Crippen molar-refractivity contribution in [1.29, 1.82) is 0 Å². The van der Waals surface area contributed by atoms with Gasteiger partial charge in [0.25, 0.3) is 5.91 Å². The first-order valence-corrected chi connectivity index (χ1v) is 6.95. The number of fused-ring (bicyclic) bond motifs is 1. The molecule has 0 fully saturated rings. The molecule has 0 N–H and O–H groups in total. The highest BCUT2D eigenvalue weighted by Gasteiger charge is 2.29. The van der Waals surface area contributed by atoms with Crippen LogP contribution in [0.25, 0.3) is 0 Å². The molecular weight excluding hydrogens is 270 g/mol. The molecule has 3 rings (SSSR count). The van der Waals surface area contributed by atoms with Crippen molar-refractivity contribution in [3.8, 4) is 0 Å². The van der Waals surface area contributed by atoms with Crippen molar-refractivity contribution in [1.82, 2.24) is 24.9 Å². The molecule has 1 unspecified atom stereocenters. The number of aromatic nitrogens is 4. The zero-order valence-corrected chi connectivity index (χ0v) is 11.8. The molecule has 7 nitrogen and oxygen atoms in total. The van der Waals surface area contributed by atoms with E-state index in [1.807, 2.05) is 17.7 Å². The Balaban J connectivity index is 1.81. The van der Waals surface area contributed by atoms with Crippen molar-refractivity contribution < 1.29 is 9.53 Å². The number of carbonyl (C=O) groups excluding carboxylic acids is 1. The summed E-state index contributed by atoms with van der Waals surface area (Å²) in [5.41, 5.74) is 1.56. The number of hydrogen-bond donors (Lipinski definition) is 0. The van der Waals surface area contributed by atoms with Gasteiger partial charge >= 0.3 is 0 Å². The first kappa shape index (κ1) is 13.7. The van der Waals surface area contributed by atoms with Crippen molar-refractivity contribution in [2.75, 3.05) is 19.8 Å². The zero-order chi connectivity index (χ0) is 14.7. The van der Waals surface area contributed by atoms with Gasteiger partial charge < -0.3 is 9.64 Å². The number of amides is 1. The molecule has 0 aromatic carbocycles. The van der Waals surface area contributed by atoms with Gasteiger partial charge in [-0.15, -0.1) is 0 Å². The van der Waals surface area contributed by atoms with Gasteiger partial charge in [-0.1, -0.05) is 0 Å². The van der Waals surface area contributed by atoms with Gasteiger partial charge in [0.15, 0.2) is 0 Å². The fourth-order valence-corrected chi connectivity index (χ4v) is 2.52. The van der Waals surface area contributed by atoms with Crippen molar-refractivity contribution in [2.24, 2.45) is 0 Å². The first-order chi connectivity index (χ1) is 10.3. The second-order valence-electron chi connectivity index (χ2n) is 4.90. The third-order valence-electron chi connectivity index (χ3n) is 3.51. The predicted molar refractivity (Wildman–Crippen MR) is 74.5 cm³/mol. The van der Waals surface area contributed by atoms with Crippen LogP contribution in [-0.2, 0) is 11.3 Å². The van der Waals surface area contributed by atoms with Gasteiger partial charge in [-0.25, -0.2) is 0 Å². The highest BCUT2D eigenvalue weighted by Crippen LogP contribution is 2.22. The lowest BCUT2D eigenvalue weighted by atomic mass is 10.1. The van der Waals surface area contributed by atoms with E-state index in [0.717, 1.165) is 5.69 Å². The number of carbonyl (C=O) groups is 1. The highest BCUT2D eigenvalue weighted by molar-refractivity contribution is 5.93. The second-order valence-corrected chi connectivity index (χ2v) is 4.90. The van der Waals surface area contributed by atoms with E-state index in [-0.39, 0.29) is 11.9 Å². The summed E-state index contributed by atoms with van der Waals surface area (Å²) in [4.78, 5) is 14.3. The Morgan fingerprint density at radius 2 is 2.29 bits per heavy atom. The van der Waals surface area contributed by atoms with Crippen LogP contribution in [0.4, 0.5) is 0 Å². The molecule has 0 bridgehead atoms. The summed E-state index contributed by atoms with van der Waals surface area (Å²) >= 11 is 0. The summed E-state index contributed by atoms with van der Waals surface area (Å²) in [6.45, 7) is 4.27. The molecule has 110 valence electrons. The van der Waals surface area contributed by atoms with Crippen molar-refractivity contribution in [3.05, 3.63) is 42.0 Å². The summed E-state index contributed by atoms with van der Waals surface area (Å²) in [5.74, 6) is -0.0427. The van der Waals surface area contributed by atoms with Crippen LogP contribution < -0.4 is 0 Å². The van der Waals surface area contributed by atoms with Crippen molar-refractivity contribution in [3.63, 3.8) is 0 Å². The maximum absolute atomic E-state index is 12.5. The van der Waals surface area contributed by atoms with Crippen LogP contribution in [0.3, 0.4) is 0 Å². The molecule has 2 aromatic rings. The largest absolute Gasteiger partial charge is 0.379 e. The Kier molecular flexibility index (Phi) is 3.92. The minimum absolute atomic E-state index is 0.0427. The van der Waals surface area contributed by atoms with Crippen LogP contribution in [0.2, 0.25) is 0 Å². The van der Waals surface area contributed by atoms with Gasteiger partial charge in [-0.2, -0.15) is 15.3 Å². The lowest BCUT2D eigenvalue weighted by Crippen LogP contribution is -2.42. The van der Waals surface area contributed by atoms with Crippen LogP contribution in [-0.4, -0.2) is 50.5 Å². The van der Waals surface area contributed by atoms with Crippen LogP contribution in [0.15, 0.2) is 30.7 Å². The number of ether oxygens (including phenoxy) is 1. The molecule has 1 aliphatic rings. The van der Waals surface area contributed by atoms with E-state index in [2.05, 4.69) is 15.3 Å². The Morgan fingerprint density at radius 1 is 1.38 bits per heavy atom. The van der Waals surface area contributed by atoms with Crippen molar-refractivity contribution >= 4 is 5.91 Å². The molecule has 0 spiro atoms. The van der Waals surface area contributed by atoms with Gasteiger partial charge in [0.1, 0.15) is 0 Å². The lowest BCUT2D eigenvalue weighted by molar-refractivity contribution is 0.0516. The van der Waals surface area contributed by atoms with E-state index in [0.29, 0.717) is 31.9 Å².